The molecule has 0 amide bonds. The van der Waals surface area contributed by atoms with E-state index >= 15 is 0 Å². The number of hydrogen-bond donors (Lipinski definition) is 0. The highest BCUT2D eigenvalue weighted by atomic mass is 35.5. The molecular formula is C10H12BCl2O2. The molecule has 0 bridgehead atoms. The minimum Gasteiger partial charge on any atom is -0.476 e. The molecule has 81 valence electrons. The molecule has 1 radical (unpaired) electrons. The molecule has 0 rings (SSSR count). The Morgan fingerprint density at radius 2 is 1.33 bits per heavy atom. The summed E-state index contributed by atoms with van der Waals surface area (Å²) in [5, 5.41) is 0. The summed E-state index contributed by atoms with van der Waals surface area (Å²) >= 11 is 10.9. The predicted molar refractivity (Wildman–Crippen MR) is 63.4 cm³/mol. The van der Waals surface area contributed by atoms with Gasteiger partial charge in [-0.15, -0.1) is 23.2 Å². The van der Waals surface area contributed by atoms with Gasteiger partial charge in [-0.2, -0.15) is 0 Å². The van der Waals surface area contributed by atoms with Crippen LogP contribution in [0.15, 0.2) is 0 Å². The molecule has 0 aliphatic heterocycles. The summed E-state index contributed by atoms with van der Waals surface area (Å²) in [4.78, 5) is 0. The van der Waals surface area contributed by atoms with Crippen LogP contribution in [0, 0.1) is 24.1 Å². The molecule has 2 nitrogen and oxygen atoms in total. The van der Waals surface area contributed by atoms with Crippen molar-refractivity contribution in [3.05, 3.63) is 0 Å². The van der Waals surface area contributed by atoms with Crippen molar-refractivity contribution >= 4 is 30.9 Å². The molecule has 0 atom stereocenters. The average molecular weight is 246 g/mol. The molecule has 0 N–H and O–H groups in total. The van der Waals surface area contributed by atoms with Gasteiger partial charge in [-0.1, -0.05) is 11.8 Å². The zero-order valence-electron chi connectivity index (χ0n) is 8.39. The van der Waals surface area contributed by atoms with Crippen LogP contribution in [0.3, 0.4) is 0 Å². The first-order chi connectivity index (χ1) is 7.41. The lowest BCUT2D eigenvalue weighted by molar-refractivity contribution is 0.413. The molecule has 5 heteroatoms. The van der Waals surface area contributed by atoms with Crippen LogP contribution in [0.2, 0.25) is 0 Å². The van der Waals surface area contributed by atoms with Gasteiger partial charge in [0.05, 0.1) is 12.2 Å². The van der Waals surface area contributed by atoms with Gasteiger partial charge in [-0.25, -0.2) is 0 Å². The van der Waals surface area contributed by atoms with Crippen LogP contribution >= 0.6 is 23.2 Å². The molecule has 0 saturated carbocycles. The maximum Gasteiger partial charge on any atom is 0.676 e. The fraction of sp³-hybridized carbons (Fsp3) is 0.600. The third kappa shape index (κ3) is 13.4. The van der Waals surface area contributed by atoms with E-state index in [4.69, 9.17) is 32.5 Å². The second-order valence-corrected chi connectivity index (χ2v) is 3.23. The maximum absolute atomic E-state index is 5.46. The molecule has 0 aromatic heterocycles. The van der Waals surface area contributed by atoms with Gasteiger partial charge in [0.15, 0.2) is 0 Å². The van der Waals surface area contributed by atoms with Crippen LogP contribution in [0.5, 0.6) is 0 Å². The standard InChI is InChI=1S/C10H12BCl2O2/c12-7-3-1-5-9-14-11-15-10-6-2-4-8-13/h1-4,7-8H2. The molecular weight excluding hydrogens is 234 g/mol. The SMILES string of the molecule is ClCCCC#CO[B]OC#CCCCCl. The van der Waals surface area contributed by atoms with Gasteiger partial charge < -0.3 is 9.31 Å². The Kier molecular flexibility index (Phi) is 12.8. The van der Waals surface area contributed by atoms with Gasteiger partial charge in [0.1, 0.15) is 0 Å². The second kappa shape index (κ2) is 13.4. The molecule has 0 aliphatic carbocycles. The molecule has 0 aromatic carbocycles. The number of hydrogen-bond acceptors (Lipinski definition) is 2. The first-order valence-corrected chi connectivity index (χ1v) is 5.69. The normalized spacial score (nSPS) is 7.87. The van der Waals surface area contributed by atoms with Crippen molar-refractivity contribution < 1.29 is 9.31 Å². The Bertz CT molecular complexity index is 224. The van der Waals surface area contributed by atoms with Crippen LogP contribution in [-0.4, -0.2) is 19.4 Å². The van der Waals surface area contributed by atoms with Gasteiger partial charge in [0.2, 0.25) is 0 Å². The maximum atomic E-state index is 5.46. The first kappa shape index (κ1) is 14.4. The largest absolute Gasteiger partial charge is 0.676 e. The van der Waals surface area contributed by atoms with E-state index in [-0.39, 0.29) is 0 Å². The monoisotopic (exact) mass is 245 g/mol. The molecule has 0 spiro atoms. The lowest BCUT2D eigenvalue weighted by Gasteiger charge is -1.89. The Labute approximate surface area is 102 Å². The van der Waals surface area contributed by atoms with E-state index < -0.39 is 0 Å². The summed E-state index contributed by atoms with van der Waals surface area (Å²) in [7, 11) is 1.10. The van der Waals surface area contributed by atoms with E-state index in [1.165, 1.54) is 0 Å². The fourth-order valence-electron chi connectivity index (χ4n) is 0.568. The highest BCUT2D eigenvalue weighted by Gasteiger charge is 1.89. The van der Waals surface area contributed by atoms with Crippen LogP contribution in [0.25, 0.3) is 0 Å². The predicted octanol–water partition coefficient (Wildman–Crippen LogP) is 2.51. The molecule has 0 aliphatic rings. The molecule has 0 unspecified atom stereocenters. The van der Waals surface area contributed by atoms with Crippen LogP contribution in [0.4, 0.5) is 0 Å². The van der Waals surface area contributed by atoms with Crippen LogP contribution in [-0.2, 0) is 9.31 Å². The zero-order valence-corrected chi connectivity index (χ0v) is 9.90. The Balaban J connectivity index is 3.21. The molecule has 0 aromatic rings. The van der Waals surface area contributed by atoms with Crippen molar-refractivity contribution in [1.29, 1.82) is 0 Å². The number of halogens is 2. The number of unbranched alkanes of at least 4 members (excludes halogenated alkanes) is 2. The zero-order chi connectivity index (χ0) is 11.2. The first-order valence-electron chi connectivity index (χ1n) is 4.62. The smallest absolute Gasteiger partial charge is 0.476 e. The van der Waals surface area contributed by atoms with Crippen LogP contribution in [0.1, 0.15) is 25.7 Å². The van der Waals surface area contributed by atoms with Gasteiger partial charge in [0.25, 0.3) is 0 Å². The van der Waals surface area contributed by atoms with E-state index in [1.54, 1.807) is 0 Å². The summed E-state index contributed by atoms with van der Waals surface area (Å²) in [6.45, 7) is 0. The van der Waals surface area contributed by atoms with Crippen LogP contribution < -0.4 is 0 Å². The summed E-state index contributed by atoms with van der Waals surface area (Å²) in [5.74, 6) is 6.75. The van der Waals surface area contributed by atoms with E-state index in [0.717, 1.165) is 33.4 Å². The summed E-state index contributed by atoms with van der Waals surface area (Å²) in [6.07, 6.45) is 8.05. The minimum absolute atomic E-state index is 0.612. The minimum atomic E-state index is 0.612. The lowest BCUT2D eigenvalue weighted by atomic mass is 10.3. The topological polar surface area (TPSA) is 18.5 Å². The molecule has 0 fully saturated rings. The Morgan fingerprint density at radius 3 is 1.73 bits per heavy atom. The van der Waals surface area contributed by atoms with Crippen molar-refractivity contribution in [2.45, 2.75) is 25.7 Å². The summed E-state index contributed by atoms with van der Waals surface area (Å²) in [6, 6.07) is 0. The van der Waals surface area contributed by atoms with Crippen molar-refractivity contribution in [2.75, 3.05) is 11.8 Å². The average Bonchev–Trinajstić information content (AvgIpc) is 2.26. The van der Waals surface area contributed by atoms with Crippen molar-refractivity contribution in [3.63, 3.8) is 0 Å². The fourth-order valence-corrected chi connectivity index (χ4v) is 0.835. The van der Waals surface area contributed by atoms with Gasteiger partial charge >= 0.3 is 7.69 Å². The highest BCUT2D eigenvalue weighted by molar-refractivity contribution is 6.19. The highest BCUT2D eigenvalue weighted by Crippen LogP contribution is 1.89. The molecule has 15 heavy (non-hydrogen) atoms. The molecule has 0 saturated heterocycles. The van der Waals surface area contributed by atoms with Gasteiger partial charge in [0, 0.05) is 24.6 Å². The second-order valence-electron chi connectivity index (χ2n) is 2.47. The summed E-state index contributed by atoms with van der Waals surface area (Å²) < 4.78 is 9.41. The Morgan fingerprint density at radius 1 is 0.867 bits per heavy atom. The van der Waals surface area contributed by atoms with E-state index in [2.05, 4.69) is 24.1 Å². The number of alkyl halides is 2. The lowest BCUT2D eigenvalue weighted by Crippen LogP contribution is -1.94. The Hall–Kier alpha value is -0.635. The third-order valence-electron chi connectivity index (χ3n) is 1.23. The number of rotatable bonds is 6. The van der Waals surface area contributed by atoms with Gasteiger partial charge in [-0.3, -0.25) is 0 Å². The van der Waals surface area contributed by atoms with Gasteiger partial charge in [-0.05, 0) is 12.8 Å². The van der Waals surface area contributed by atoms with Crippen molar-refractivity contribution in [3.8, 4) is 24.1 Å². The summed E-state index contributed by atoms with van der Waals surface area (Å²) in [5.41, 5.74) is 0. The van der Waals surface area contributed by atoms with Crippen molar-refractivity contribution in [2.24, 2.45) is 0 Å². The third-order valence-corrected chi connectivity index (χ3v) is 1.76. The van der Waals surface area contributed by atoms with Crippen molar-refractivity contribution in [1.82, 2.24) is 0 Å². The van der Waals surface area contributed by atoms with E-state index in [0.29, 0.717) is 11.8 Å². The quantitative estimate of drug-likeness (QED) is 0.310. The van der Waals surface area contributed by atoms with E-state index in [1.807, 2.05) is 0 Å². The molecule has 0 heterocycles. The van der Waals surface area contributed by atoms with E-state index in [9.17, 15) is 0 Å².